The van der Waals surface area contributed by atoms with Gasteiger partial charge in [0.25, 0.3) is 0 Å². The quantitative estimate of drug-likeness (QED) is 0.834. The Morgan fingerprint density at radius 2 is 2.18 bits per heavy atom. The van der Waals surface area contributed by atoms with Crippen LogP contribution in [-0.4, -0.2) is 41.5 Å². The van der Waals surface area contributed by atoms with Crippen LogP contribution in [-0.2, 0) is 9.59 Å². The molecule has 0 aromatic heterocycles. The SMILES string of the molecule is CN(CC1CCCC1O)C(=O)C(=O)Nc1cccc(Cl)c1F. The average molecular weight is 329 g/mol. The van der Waals surface area contributed by atoms with Crippen molar-refractivity contribution in [1.82, 2.24) is 4.90 Å². The Hall–Kier alpha value is -1.66. The summed E-state index contributed by atoms with van der Waals surface area (Å²) in [5.41, 5.74) is -0.139. The summed E-state index contributed by atoms with van der Waals surface area (Å²) in [4.78, 5) is 25.2. The van der Waals surface area contributed by atoms with E-state index in [0.29, 0.717) is 13.0 Å². The van der Waals surface area contributed by atoms with Crippen LogP contribution in [0.3, 0.4) is 0 Å². The topological polar surface area (TPSA) is 69.6 Å². The molecular formula is C15H18ClFN2O3. The molecule has 0 spiro atoms. The van der Waals surface area contributed by atoms with Gasteiger partial charge in [-0.3, -0.25) is 9.59 Å². The van der Waals surface area contributed by atoms with Crippen molar-refractivity contribution in [1.29, 1.82) is 0 Å². The van der Waals surface area contributed by atoms with E-state index in [0.717, 1.165) is 12.8 Å². The first kappa shape index (κ1) is 16.7. The molecule has 1 saturated carbocycles. The monoisotopic (exact) mass is 328 g/mol. The third-order valence-electron chi connectivity index (χ3n) is 3.87. The maximum absolute atomic E-state index is 13.7. The first-order chi connectivity index (χ1) is 10.4. The number of aliphatic hydroxyl groups excluding tert-OH is 1. The predicted octanol–water partition coefficient (Wildman–Crippen LogP) is 2.04. The summed E-state index contributed by atoms with van der Waals surface area (Å²) < 4.78 is 13.7. The van der Waals surface area contributed by atoms with Crippen LogP contribution < -0.4 is 5.32 Å². The van der Waals surface area contributed by atoms with Crippen molar-refractivity contribution >= 4 is 29.1 Å². The van der Waals surface area contributed by atoms with Gasteiger partial charge in [0.2, 0.25) is 0 Å². The molecular weight excluding hydrogens is 311 g/mol. The number of nitrogens with zero attached hydrogens (tertiary/aromatic N) is 1. The van der Waals surface area contributed by atoms with E-state index in [4.69, 9.17) is 11.6 Å². The molecule has 5 nitrogen and oxygen atoms in total. The van der Waals surface area contributed by atoms with Crippen molar-refractivity contribution < 1.29 is 19.1 Å². The molecule has 1 aromatic rings. The molecule has 2 N–H and O–H groups in total. The summed E-state index contributed by atoms with van der Waals surface area (Å²) in [6.07, 6.45) is 2.01. The van der Waals surface area contributed by atoms with Crippen molar-refractivity contribution in [2.75, 3.05) is 18.9 Å². The van der Waals surface area contributed by atoms with Crippen molar-refractivity contribution in [2.45, 2.75) is 25.4 Å². The Kier molecular flexibility index (Phi) is 5.37. The lowest BCUT2D eigenvalue weighted by Gasteiger charge is -2.22. The highest BCUT2D eigenvalue weighted by atomic mass is 35.5. The minimum absolute atomic E-state index is 0.0235. The molecule has 2 atom stereocenters. The molecule has 2 amide bonds. The largest absolute Gasteiger partial charge is 0.393 e. The van der Waals surface area contributed by atoms with Gasteiger partial charge in [-0.05, 0) is 25.0 Å². The van der Waals surface area contributed by atoms with Crippen LogP contribution in [0, 0.1) is 11.7 Å². The van der Waals surface area contributed by atoms with Gasteiger partial charge in [-0.25, -0.2) is 4.39 Å². The highest BCUT2D eigenvalue weighted by Gasteiger charge is 2.29. The molecule has 1 aromatic carbocycles. The third-order valence-corrected chi connectivity index (χ3v) is 4.16. The fourth-order valence-corrected chi connectivity index (χ4v) is 2.79. The van der Waals surface area contributed by atoms with Gasteiger partial charge in [0.1, 0.15) is 0 Å². The van der Waals surface area contributed by atoms with E-state index in [9.17, 15) is 19.1 Å². The molecule has 22 heavy (non-hydrogen) atoms. The molecule has 0 heterocycles. The van der Waals surface area contributed by atoms with Gasteiger partial charge in [0.05, 0.1) is 16.8 Å². The molecule has 0 aliphatic heterocycles. The minimum atomic E-state index is -0.934. The molecule has 2 rings (SSSR count). The average Bonchev–Trinajstić information content (AvgIpc) is 2.88. The van der Waals surface area contributed by atoms with Gasteiger partial charge in [-0.15, -0.1) is 0 Å². The van der Waals surface area contributed by atoms with Crippen LogP contribution in [0.2, 0.25) is 5.02 Å². The van der Waals surface area contributed by atoms with Gasteiger partial charge in [-0.2, -0.15) is 0 Å². The number of nitrogens with one attached hydrogen (secondary N) is 1. The Morgan fingerprint density at radius 3 is 2.82 bits per heavy atom. The first-order valence-electron chi connectivity index (χ1n) is 7.08. The normalized spacial score (nSPS) is 20.7. The highest BCUT2D eigenvalue weighted by Crippen LogP contribution is 2.26. The van der Waals surface area contributed by atoms with Crippen LogP contribution in [0.4, 0.5) is 10.1 Å². The minimum Gasteiger partial charge on any atom is -0.393 e. The Morgan fingerprint density at radius 1 is 1.45 bits per heavy atom. The number of hydrogen-bond acceptors (Lipinski definition) is 3. The van der Waals surface area contributed by atoms with E-state index in [1.54, 1.807) is 0 Å². The zero-order valence-corrected chi connectivity index (χ0v) is 12.9. The Bertz CT molecular complexity index is 582. The summed E-state index contributed by atoms with van der Waals surface area (Å²) in [5, 5.41) is 11.8. The maximum atomic E-state index is 13.7. The van der Waals surface area contributed by atoms with Crippen LogP contribution in [0.15, 0.2) is 18.2 Å². The van der Waals surface area contributed by atoms with Crippen molar-refractivity contribution in [3.8, 4) is 0 Å². The fraction of sp³-hybridized carbons (Fsp3) is 0.467. The van der Waals surface area contributed by atoms with E-state index < -0.39 is 23.7 Å². The van der Waals surface area contributed by atoms with Crippen molar-refractivity contribution in [3.63, 3.8) is 0 Å². The van der Waals surface area contributed by atoms with E-state index in [2.05, 4.69) is 5.32 Å². The molecule has 0 radical (unpaired) electrons. The van der Waals surface area contributed by atoms with Crippen molar-refractivity contribution in [2.24, 2.45) is 5.92 Å². The van der Waals surface area contributed by atoms with E-state index in [-0.39, 0.29) is 16.6 Å². The number of carbonyl (C=O) groups excluding carboxylic acids is 2. The van der Waals surface area contributed by atoms with E-state index >= 15 is 0 Å². The summed E-state index contributed by atoms with van der Waals surface area (Å²) >= 11 is 5.62. The first-order valence-corrected chi connectivity index (χ1v) is 7.46. The fourth-order valence-electron chi connectivity index (χ4n) is 2.61. The van der Waals surface area contributed by atoms with Crippen LogP contribution >= 0.6 is 11.6 Å². The summed E-state index contributed by atoms with van der Waals surface area (Å²) in [7, 11) is 1.49. The zero-order valence-electron chi connectivity index (χ0n) is 12.2. The number of amides is 2. The maximum Gasteiger partial charge on any atom is 0.313 e. The van der Waals surface area contributed by atoms with Gasteiger partial charge >= 0.3 is 11.8 Å². The van der Waals surface area contributed by atoms with Crippen LogP contribution in [0.25, 0.3) is 0 Å². The second-order valence-electron chi connectivity index (χ2n) is 5.50. The molecule has 0 saturated heterocycles. The standard InChI is InChI=1S/C15H18ClFN2O3/c1-19(8-9-4-2-7-12(9)20)15(22)14(21)18-11-6-3-5-10(16)13(11)17/h3,5-6,9,12,20H,2,4,7-8H2,1H3,(H,18,21). The lowest BCUT2D eigenvalue weighted by Crippen LogP contribution is -2.41. The molecule has 1 fully saturated rings. The molecule has 1 aliphatic rings. The Balaban J connectivity index is 1.96. The lowest BCUT2D eigenvalue weighted by atomic mass is 10.1. The van der Waals surface area contributed by atoms with Gasteiger partial charge in [0, 0.05) is 19.5 Å². The molecule has 120 valence electrons. The van der Waals surface area contributed by atoms with E-state index in [1.807, 2.05) is 0 Å². The van der Waals surface area contributed by atoms with Gasteiger partial charge in [-0.1, -0.05) is 24.1 Å². The second kappa shape index (κ2) is 7.07. The van der Waals surface area contributed by atoms with Gasteiger partial charge < -0.3 is 15.3 Å². The molecule has 0 bridgehead atoms. The number of halogens is 2. The second-order valence-corrected chi connectivity index (χ2v) is 5.91. The number of anilines is 1. The predicted molar refractivity (Wildman–Crippen MR) is 81.0 cm³/mol. The highest BCUT2D eigenvalue weighted by molar-refractivity contribution is 6.39. The van der Waals surface area contributed by atoms with E-state index in [1.165, 1.54) is 30.1 Å². The van der Waals surface area contributed by atoms with Crippen LogP contribution in [0.1, 0.15) is 19.3 Å². The molecule has 7 heteroatoms. The number of hydrogen-bond donors (Lipinski definition) is 2. The zero-order chi connectivity index (χ0) is 16.3. The number of carbonyl (C=O) groups is 2. The lowest BCUT2D eigenvalue weighted by molar-refractivity contribution is -0.142. The van der Waals surface area contributed by atoms with Crippen LogP contribution in [0.5, 0.6) is 0 Å². The number of aliphatic hydroxyl groups is 1. The number of rotatable bonds is 3. The molecule has 2 unspecified atom stereocenters. The summed E-state index contributed by atoms with van der Waals surface area (Å²) in [5.74, 6) is -2.52. The van der Waals surface area contributed by atoms with Gasteiger partial charge in [0.15, 0.2) is 5.82 Å². The summed E-state index contributed by atoms with van der Waals surface area (Å²) in [6, 6.07) is 4.15. The Labute approximate surface area is 133 Å². The van der Waals surface area contributed by atoms with Crippen molar-refractivity contribution in [3.05, 3.63) is 29.0 Å². The summed E-state index contributed by atoms with van der Waals surface area (Å²) in [6.45, 7) is 0.297. The number of benzene rings is 1. The smallest absolute Gasteiger partial charge is 0.313 e. The number of likely N-dealkylation sites (N-methyl/N-ethyl adjacent to an activating group) is 1. The molecule has 1 aliphatic carbocycles. The third kappa shape index (κ3) is 3.75.